The fourth-order valence-corrected chi connectivity index (χ4v) is 2.73. The van der Waals surface area contributed by atoms with Gasteiger partial charge in [-0.05, 0) is 30.9 Å². The van der Waals surface area contributed by atoms with Crippen LogP contribution in [0.5, 0.6) is 0 Å². The predicted molar refractivity (Wildman–Crippen MR) is 110 cm³/mol. The Labute approximate surface area is 158 Å². The first kappa shape index (κ1) is 20.2. The topological polar surface area (TPSA) is 39.7 Å². The maximum atomic E-state index is 4.31. The molecular weight excluding hydrogens is 399 g/mol. The number of likely N-dealkylation sites (N-methyl/N-ethyl adjacent to an activating group) is 1. The maximum Gasteiger partial charge on any atom is 0.191 e. The van der Waals surface area contributed by atoms with Gasteiger partial charge in [-0.15, -0.1) is 24.0 Å². The molecule has 0 aromatic heterocycles. The molecule has 0 aliphatic heterocycles. The summed E-state index contributed by atoms with van der Waals surface area (Å²) in [5, 5.41) is 6.85. The molecule has 0 spiro atoms. The Morgan fingerprint density at radius 1 is 1.26 bits per heavy atom. The summed E-state index contributed by atoms with van der Waals surface area (Å²) in [5.41, 5.74) is 1.36. The Bertz CT molecular complexity index is 459. The van der Waals surface area contributed by atoms with Gasteiger partial charge in [0, 0.05) is 32.7 Å². The third-order valence-corrected chi connectivity index (χ3v) is 4.33. The molecule has 1 aromatic carbocycles. The van der Waals surface area contributed by atoms with Crippen LogP contribution in [-0.2, 0) is 0 Å². The standard InChI is InChI=1S/C18H30N4.HI/c1-4-22(17-10-11-17)13-12-20-18(19-3)21-14-15(2)16-8-6-5-7-9-16;/h5-9,15,17H,4,10-14H2,1-3H3,(H2,19,20,21);1H. The molecular formula is C18H31IN4. The van der Waals surface area contributed by atoms with Crippen LogP contribution in [0.4, 0.5) is 0 Å². The van der Waals surface area contributed by atoms with Crippen LogP contribution in [0.25, 0.3) is 0 Å². The quantitative estimate of drug-likeness (QED) is 0.379. The molecule has 1 fully saturated rings. The van der Waals surface area contributed by atoms with Crippen molar-refractivity contribution >= 4 is 29.9 Å². The first-order valence-corrected chi connectivity index (χ1v) is 8.48. The van der Waals surface area contributed by atoms with Crippen molar-refractivity contribution in [1.82, 2.24) is 15.5 Å². The van der Waals surface area contributed by atoms with Crippen LogP contribution in [0.3, 0.4) is 0 Å². The van der Waals surface area contributed by atoms with Crippen LogP contribution in [0.15, 0.2) is 35.3 Å². The number of benzene rings is 1. The Kier molecular flexibility index (Phi) is 9.55. The minimum Gasteiger partial charge on any atom is -0.356 e. The Morgan fingerprint density at radius 2 is 1.96 bits per heavy atom. The lowest BCUT2D eigenvalue weighted by atomic mass is 10.0. The molecule has 4 nitrogen and oxygen atoms in total. The molecule has 1 unspecified atom stereocenters. The van der Waals surface area contributed by atoms with Gasteiger partial charge in [-0.3, -0.25) is 9.89 Å². The van der Waals surface area contributed by atoms with Gasteiger partial charge in [0.05, 0.1) is 0 Å². The van der Waals surface area contributed by atoms with E-state index in [0.29, 0.717) is 5.92 Å². The van der Waals surface area contributed by atoms with E-state index in [2.05, 4.69) is 64.7 Å². The van der Waals surface area contributed by atoms with Crippen molar-refractivity contribution in [2.24, 2.45) is 4.99 Å². The zero-order chi connectivity index (χ0) is 15.8. The van der Waals surface area contributed by atoms with Crippen molar-refractivity contribution in [2.45, 2.75) is 38.6 Å². The summed E-state index contributed by atoms with van der Waals surface area (Å²) >= 11 is 0. The first-order chi connectivity index (χ1) is 10.7. The molecule has 130 valence electrons. The predicted octanol–water partition coefficient (Wildman–Crippen LogP) is 3.06. The van der Waals surface area contributed by atoms with E-state index in [1.54, 1.807) is 0 Å². The SMILES string of the molecule is CCN(CCNC(=NC)NCC(C)c1ccccc1)C1CC1.I. The van der Waals surface area contributed by atoms with Crippen LogP contribution in [-0.4, -0.2) is 50.1 Å². The Morgan fingerprint density at radius 3 is 2.52 bits per heavy atom. The van der Waals surface area contributed by atoms with E-state index in [0.717, 1.165) is 38.2 Å². The van der Waals surface area contributed by atoms with Crippen molar-refractivity contribution in [2.75, 3.05) is 33.2 Å². The molecule has 1 aliphatic rings. The lowest BCUT2D eigenvalue weighted by molar-refractivity contribution is 0.282. The van der Waals surface area contributed by atoms with Gasteiger partial charge >= 0.3 is 0 Å². The molecule has 5 heteroatoms. The Balaban J connectivity index is 0.00000264. The minimum absolute atomic E-state index is 0. The van der Waals surface area contributed by atoms with Crippen LogP contribution >= 0.6 is 24.0 Å². The fraction of sp³-hybridized carbons (Fsp3) is 0.611. The highest BCUT2D eigenvalue weighted by Crippen LogP contribution is 2.25. The van der Waals surface area contributed by atoms with E-state index < -0.39 is 0 Å². The van der Waals surface area contributed by atoms with Crippen LogP contribution in [0, 0.1) is 0 Å². The molecule has 0 bridgehead atoms. The summed E-state index contributed by atoms with van der Waals surface area (Å²) in [5.74, 6) is 1.37. The van der Waals surface area contributed by atoms with Gasteiger partial charge < -0.3 is 10.6 Å². The molecule has 1 atom stereocenters. The molecule has 23 heavy (non-hydrogen) atoms. The van der Waals surface area contributed by atoms with E-state index in [1.807, 2.05) is 7.05 Å². The number of rotatable bonds is 8. The second-order valence-electron chi connectivity index (χ2n) is 6.05. The lowest BCUT2D eigenvalue weighted by Gasteiger charge is -2.21. The number of nitrogens with one attached hydrogen (secondary N) is 2. The summed E-state index contributed by atoms with van der Waals surface area (Å²) in [7, 11) is 1.83. The number of nitrogens with zero attached hydrogens (tertiary/aromatic N) is 2. The highest BCUT2D eigenvalue weighted by atomic mass is 127. The smallest absolute Gasteiger partial charge is 0.191 e. The summed E-state index contributed by atoms with van der Waals surface area (Å²) in [6, 6.07) is 11.4. The van der Waals surface area contributed by atoms with E-state index >= 15 is 0 Å². The number of guanidine groups is 1. The summed E-state index contributed by atoms with van der Waals surface area (Å²) in [4.78, 5) is 6.86. The van der Waals surface area contributed by atoms with Gasteiger partial charge in [0.2, 0.25) is 0 Å². The van der Waals surface area contributed by atoms with Crippen molar-refractivity contribution in [3.05, 3.63) is 35.9 Å². The zero-order valence-corrected chi connectivity index (χ0v) is 16.9. The molecule has 0 amide bonds. The summed E-state index contributed by atoms with van der Waals surface area (Å²) in [6.07, 6.45) is 2.74. The maximum absolute atomic E-state index is 4.31. The third-order valence-electron chi connectivity index (χ3n) is 4.33. The molecule has 0 saturated heterocycles. The van der Waals surface area contributed by atoms with Gasteiger partial charge in [0.1, 0.15) is 0 Å². The number of aliphatic imine (C=N–C) groups is 1. The van der Waals surface area contributed by atoms with E-state index in [1.165, 1.54) is 18.4 Å². The molecule has 1 aromatic rings. The number of halogens is 1. The molecule has 1 saturated carbocycles. The van der Waals surface area contributed by atoms with E-state index in [9.17, 15) is 0 Å². The van der Waals surface area contributed by atoms with Crippen LogP contribution < -0.4 is 10.6 Å². The van der Waals surface area contributed by atoms with Crippen LogP contribution in [0.2, 0.25) is 0 Å². The van der Waals surface area contributed by atoms with Crippen molar-refractivity contribution in [3.63, 3.8) is 0 Å². The average Bonchev–Trinajstić information content (AvgIpc) is 3.39. The molecule has 0 radical (unpaired) electrons. The molecule has 0 heterocycles. The van der Waals surface area contributed by atoms with Crippen molar-refractivity contribution < 1.29 is 0 Å². The normalized spacial score (nSPS) is 15.9. The van der Waals surface area contributed by atoms with Gasteiger partial charge in [-0.25, -0.2) is 0 Å². The number of hydrogen-bond acceptors (Lipinski definition) is 2. The fourth-order valence-electron chi connectivity index (χ4n) is 2.73. The van der Waals surface area contributed by atoms with E-state index in [4.69, 9.17) is 0 Å². The largest absolute Gasteiger partial charge is 0.356 e. The zero-order valence-electron chi connectivity index (χ0n) is 14.6. The van der Waals surface area contributed by atoms with Gasteiger partial charge in [0.15, 0.2) is 5.96 Å². The van der Waals surface area contributed by atoms with Gasteiger partial charge in [-0.1, -0.05) is 44.2 Å². The second-order valence-corrected chi connectivity index (χ2v) is 6.05. The minimum atomic E-state index is 0. The lowest BCUT2D eigenvalue weighted by Crippen LogP contribution is -2.43. The Hall–Kier alpha value is -0.820. The first-order valence-electron chi connectivity index (χ1n) is 8.48. The molecule has 2 N–H and O–H groups in total. The number of hydrogen-bond donors (Lipinski definition) is 2. The highest BCUT2D eigenvalue weighted by molar-refractivity contribution is 14.0. The second kappa shape index (κ2) is 10.9. The van der Waals surface area contributed by atoms with Crippen molar-refractivity contribution in [1.29, 1.82) is 0 Å². The van der Waals surface area contributed by atoms with E-state index in [-0.39, 0.29) is 24.0 Å². The van der Waals surface area contributed by atoms with Crippen molar-refractivity contribution in [3.8, 4) is 0 Å². The molecule has 1 aliphatic carbocycles. The third kappa shape index (κ3) is 7.08. The monoisotopic (exact) mass is 430 g/mol. The summed E-state index contributed by atoms with van der Waals surface area (Å²) in [6.45, 7) is 8.56. The van der Waals surface area contributed by atoms with Crippen LogP contribution in [0.1, 0.15) is 38.2 Å². The molecule has 2 rings (SSSR count). The summed E-state index contributed by atoms with van der Waals surface area (Å²) < 4.78 is 0. The average molecular weight is 430 g/mol. The van der Waals surface area contributed by atoms with Gasteiger partial charge in [-0.2, -0.15) is 0 Å². The highest BCUT2D eigenvalue weighted by Gasteiger charge is 2.27. The van der Waals surface area contributed by atoms with Gasteiger partial charge in [0.25, 0.3) is 0 Å².